The number of hydrazone groups is 1. The van der Waals surface area contributed by atoms with Crippen LogP contribution in [0.3, 0.4) is 0 Å². The third kappa shape index (κ3) is 6.97. The molecule has 0 unspecified atom stereocenters. The second-order valence-electron chi connectivity index (χ2n) is 6.55. The van der Waals surface area contributed by atoms with Gasteiger partial charge in [0.1, 0.15) is 12.4 Å². The highest BCUT2D eigenvalue weighted by atomic mass is 35.5. The maximum atomic E-state index is 11.9. The van der Waals surface area contributed by atoms with Crippen LogP contribution in [0.25, 0.3) is 0 Å². The van der Waals surface area contributed by atoms with E-state index in [1.54, 1.807) is 42.5 Å². The molecule has 0 aliphatic heterocycles. The summed E-state index contributed by atoms with van der Waals surface area (Å²) in [6.07, 6.45) is 1.49. The number of hydrogen-bond acceptors (Lipinski definition) is 6. The van der Waals surface area contributed by atoms with Crippen LogP contribution in [0.15, 0.2) is 71.8 Å². The average molecular weight is 473 g/mol. The molecule has 10 heteroatoms. The van der Waals surface area contributed by atoms with E-state index in [-0.39, 0.29) is 12.2 Å². The van der Waals surface area contributed by atoms with Crippen LogP contribution in [-0.4, -0.2) is 23.6 Å². The van der Waals surface area contributed by atoms with E-state index < -0.39 is 10.8 Å². The van der Waals surface area contributed by atoms with Crippen LogP contribution in [0, 0.1) is 10.1 Å². The van der Waals surface area contributed by atoms with Crippen LogP contribution in [0.2, 0.25) is 10.0 Å². The van der Waals surface area contributed by atoms with E-state index >= 15 is 0 Å². The molecule has 1 amide bonds. The van der Waals surface area contributed by atoms with Gasteiger partial charge < -0.3 is 10.1 Å². The van der Waals surface area contributed by atoms with Gasteiger partial charge in [0.2, 0.25) is 0 Å². The quantitative estimate of drug-likeness (QED) is 0.257. The van der Waals surface area contributed by atoms with Crippen molar-refractivity contribution in [2.75, 3.05) is 11.9 Å². The van der Waals surface area contributed by atoms with E-state index in [4.69, 9.17) is 27.9 Å². The number of amides is 1. The Labute approximate surface area is 194 Å². The van der Waals surface area contributed by atoms with Gasteiger partial charge in [0.25, 0.3) is 11.6 Å². The van der Waals surface area contributed by atoms with Gasteiger partial charge in [0.15, 0.2) is 0 Å². The predicted molar refractivity (Wildman–Crippen MR) is 125 cm³/mol. The maximum absolute atomic E-state index is 11.9. The first kappa shape index (κ1) is 23.1. The van der Waals surface area contributed by atoms with Gasteiger partial charge in [-0.1, -0.05) is 35.3 Å². The minimum atomic E-state index is -0.501. The fourth-order valence-electron chi connectivity index (χ4n) is 2.58. The van der Waals surface area contributed by atoms with Gasteiger partial charge in [0.05, 0.1) is 17.7 Å². The summed E-state index contributed by atoms with van der Waals surface area (Å²) in [6.45, 7) is 0.218. The molecule has 0 spiro atoms. The molecule has 0 saturated heterocycles. The lowest BCUT2D eigenvalue weighted by Gasteiger charge is -2.08. The zero-order valence-electron chi connectivity index (χ0n) is 16.6. The molecule has 0 aromatic heterocycles. The summed E-state index contributed by atoms with van der Waals surface area (Å²) in [4.78, 5) is 22.2. The number of ether oxygens (including phenoxy) is 1. The first-order valence-electron chi connectivity index (χ1n) is 9.38. The third-order valence-electron chi connectivity index (χ3n) is 4.20. The Bertz CT molecular complexity index is 1140. The normalized spacial score (nSPS) is 10.7. The molecule has 0 saturated carbocycles. The molecule has 0 bridgehead atoms. The molecule has 0 fully saturated rings. The number of non-ortho nitro benzene ring substituents is 1. The van der Waals surface area contributed by atoms with Gasteiger partial charge in [-0.3, -0.25) is 14.9 Å². The van der Waals surface area contributed by atoms with Gasteiger partial charge in [-0.15, -0.1) is 0 Å². The lowest BCUT2D eigenvalue weighted by Crippen LogP contribution is -2.25. The van der Waals surface area contributed by atoms with E-state index in [9.17, 15) is 14.9 Å². The Morgan fingerprint density at radius 3 is 2.59 bits per heavy atom. The van der Waals surface area contributed by atoms with Gasteiger partial charge in [0, 0.05) is 33.4 Å². The Kier molecular flexibility index (Phi) is 8.02. The highest BCUT2D eigenvalue weighted by Gasteiger charge is 2.06. The second kappa shape index (κ2) is 11.1. The number of anilines is 1. The van der Waals surface area contributed by atoms with E-state index in [0.29, 0.717) is 28.1 Å². The van der Waals surface area contributed by atoms with Crippen molar-refractivity contribution in [2.24, 2.45) is 5.10 Å². The molecule has 0 radical (unpaired) electrons. The molecular formula is C22H18Cl2N4O4. The zero-order valence-corrected chi connectivity index (χ0v) is 18.1. The number of nitrogens with one attached hydrogen (secondary N) is 2. The molecule has 3 aromatic carbocycles. The minimum absolute atomic E-state index is 0.0582. The van der Waals surface area contributed by atoms with Crippen molar-refractivity contribution in [2.45, 2.75) is 6.61 Å². The average Bonchev–Trinajstić information content (AvgIpc) is 2.78. The van der Waals surface area contributed by atoms with E-state index in [1.807, 2.05) is 6.07 Å². The smallest absolute Gasteiger partial charge is 0.271 e. The monoisotopic (exact) mass is 472 g/mol. The van der Waals surface area contributed by atoms with Gasteiger partial charge in [-0.05, 0) is 48.0 Å². The van der Waals surface area contributed by atoms with Crippen molar-refractivity contribution in [3.05, 3.63) is 98.0 Å². The molecule has 164 valence electrons. The van der Waals surface area contributed by atoms with Gasteiger partial charge >= 0.3 is 0 Å². The van der Waals surface area contributed by atoms with Crippen molar-refractivity contribution in [3.8, 4) is 5.75 Å². The summed E-state index contributed by atoms with van der Waals surface area (Å²) in [6, 6.07) is 18.2. The largest absolute Gasteiger partial charge is 0.489 e. The topological polar surface area (TPSA) is 106 Å². The van der Waals surface area contributed by atoms with Crippen LogP contribution in [0.4, 0.5) is 11.4 Å². The number of nitro benzene ring substituents is 1. The van der Waals surface area contributed by atoms with Gasteiger partial charge in [-0.2, -0.15) is 5.10 Å². The highest BCUT2D eigenvalue weighted by Crippen LogP contribution is 2.23. The first-order chi connectivity index (χ1) is 15.4. The number of nitro groups is 1. The lowest BCUT2D eigenvalue weighted by atomic mass is 10.2. The summed E-state index contributed by atoms with van der Waals surface area (Å²) in [7, 11) is 0. The number of carbonyl (C=O) groups is 1. The summed E-state index contributed by atoms with van der Waals surface area (Å²) in [5.41, 5.74) is 4.38. The summed E-state index contributed by atoms with van der Waals surface area (Å²) in [5.74, 6) is 0.255. The SMILES string of the molecule is O=C(CNc1cccc([N+](=O)[O-])c1)NN=Cc1ccc(OCc2ccc(Cl)cc2Cl)cc1. The molecule has 0 atom stereocenters. The number of hydrogen-bond donors (Lipinski definition) is 2. The zero-order chi connectivity index (χ0) is 22.9. The molecule has 0 aliphatic rings. The Morgan fingerprint density at radius 1 is 1.09 bits per heavy atom. The van der Waals surface area contributed by atoms with E-state index in [2.05, 4.69) is 15.8 Å². The molecule has 8 nitrogen and oxygen atoms in total. The van der Waals surface area contributed by atoms with Gasteiger partial charge in [-0.25, -0.2) is 5.43 Å². The number of nitrogens with zero attached hydrogens (tertiary/aromatic N) is 2. The van der Waals surface area contributed by atoms with Crippen LogP contribution in [0.1, 0.15) is 11.1 Å². The van der Waals surface area contributed by atoms with Crippen LogP contribution < -0.4 is 15.5 Å². The van der Waals surface area contributed by atoms with E-state index in [1.165, 1.54) is 24.4 Å². The standard InChI is InChI=1S/C22H18Cl2N4O4/c23-17-7-6-16(21(24)10-17)14-32-20-8-4-15(5-9-20)12-26-27-22(29)13-25-18-2-1-3-19(11-18)28(30)31/h1-12,25H,13-14H2,(H,27,29). The van der Waals surface area contributed by atoms with Crippen molar-refractivity contribution in [1.29, 1.82) is 0 Å². The lowest BCUT2D eigenvalue weighted by molar-refractivity contribution is -0.384. The third-order valence-corrected chi connectivity index (χ3v) is 4.79. The molecule has 3 aromatic rings. The number of carbonyl (C=O) groups excluding carboxylic acids is 1. The Hall–Kier alpha value is -3.62. The van der Waals surface area contributed by atoms with Crippen molar-refractivity contribution >= 4 is 46.7 Å². The molecule has 0 heterocycles. The fourth-order valence-corrected chi connectivity index (χ4v) is 3.04. The molecule has 2 N–H and O–H groups in total. The van der Waals surface area contributed by atoms with Crippen LogP contribution >= 0.6 is 23.2 Å². The second-order valence-corrected chi connectivity index (χ2v) is 7.39. The number of halogens is 2. The summed E-state index contributed by atoms with van der Waals surface area (Å²) < 4.78 is 5.72. The number of benzene rings is 3. The summed E-state index contributed by atoms with van der Waals surface area (Å²) >= 11 is 12.0. The Balaban J connectivity index is 1.44. The molecular weight excluding hydrogens is 455 g/mol. The molecule has 3 rings (SSSR count). The van der Waals surface area contributed by atoms with E-state index in [0.717, 1.165) is 11.1 Å². The predicted octanol–water partition coefficient (Wildman–Crippen LogP) is 5.04. The minimum Gasteiger partial charge on any atom is -0.489 e. The van der Waals surface area contributed by atoms with Crippen molar-refractivity contribution in [1.82, 2.24) is 5.43 Å². The first-order valence-corrected chi connectivity index (χ1v) is 10.1. The van der Waals surface area contributed by atoms with Crippen molar-refractivity contribution in [3.63, 3.8) is 0 Å². The highest BCUT2D eigenvalue weighted by molar-refractivity contribution is 6.35. The maximum Gasteiger partial charge on any atom is 0.271 e. The molecule has 0 aliphatic carbocycles. The van der Waals surface area contributed by atoms with Crippen LogP contribution in [0.5, 0.6) is 5.75 Å². The Morgan fingerprint density at radius 2 is 1.88 bits per heavy atom. The van der Waals surface area contributed by atoms with Crippen LogP contribution in [-0.2, 0) is 11.4 Å². The van der Waals surface area contributed by atoms with Crippen molar-refractivity contribution < 1.29 is 14.5 Å². The molecule has 32 heavy (non-hydrogen) atoms. The fraction of sp³-hybridized carbons (Fsp3) is 0.0909. The number of rotatable bonds is 9. The summed E-state index contributed by atoms with van der Waals surface area (Å²) in [5, 5.41) is 18.6.